The van der Waals surface area contributed by atoms with Gasteiger partial charge in [-0.25, -0.2) is 0 Å². The molecule has 0 amide bonds. The summed E-state index contributed by atoms with van der Waals surface area (Å²) in [5, 5.41) is 2.23. The predicted octanol–water partition coefficient (Wildman–Crippen LogP) is 2.01. The number of hydrogen-bond donors (Lipinski definition) is 3. The van der Waals surface area contributed by atoms with E-state index in [0.717, 1.165) is 6.42 Å². The first kappa shape index (κ1) is 18.1. The van der Waals surface area contributed by atoms with Crippen molar-refractivity contribution in [2.45, 2.75) is 52.6 Å². The molecular formula is C18H29N6+. The minimum absolute atomic E-state index is 0.171. The summed E-state index contributed by atoms with van der Waals surface area (Å²) in [7, 11) is 0. The molecular weight excluding hydrogens is 300 g/mol. The Labute approximate surface area is 144 Å². The summed E-state index contributed by atoms with van der Waals surface area (Å²) >= 11 is 0. The van der Waals surface area contributed by atoms with Crippen LogP contribution < -0.4 is 16.8 Å². The molecule has 6 nitrogen and oxygen atoms in total. The van der Waals surface area contributed by atoms with Crippen molar-refractivity contribution in [3.05, 3.63) is 41.2 Å². The predicted molar refractivity (Wildman–Crippen MR) is 97.0 cm³/mol. The minimum atomic E-state index is 0.171. The van der Waals surface area contributed by atoms with Crippen LogP contribution in [0.3, 0.4) is 0 Å². The van der Waals surface area contributed by atoms with Gasteiger partial charge in [0, 0.05) is 11.5 Å². The van der Waals surface area contributed by atoms with Crippen molar-refractivity contribution in [2.75, 3.05) is 11.5 Å². The third kappa shape index (κ3) is 4.64. The number of rotatable bonds is 7. The molecule has 0 aliphatic rings. The molecule has 0 aliphatic heterocycles. The Kier molecular flexibility index (Phi) is 6.09. The van der Waals surface area contributed by atoms with Crippen LogP contribution in [-0.2, 0) is 6.54 Å². The highest BCUT2D eigenvalue weighted by atomic mass is 15.2. The normalized spacial score (nSPS) is 13.9. The fourth-order valence-electron chi connectivity index (χ4n) is 2.86. The first-order valence-corrected chi connectivity index (χ1v) is 8.59. The fraction of sp³-hybridized carbons (Fsp3) is 0.500. The Balaban J connectivity index is 2.11. The van der Waals surface area contributed by atoms with E-state index in [2.05, 4.69) is 72.2 Å². The molecule has 2 aromatic rings. The molecule has 0 fully saturated rings. The van der Waals surface area contributed by atoms with E-state index in [1.54, 1.807) is 0 Å². The summed E-state index contributed by atoms with van der Waals surface area (Å²) in [5.74, 6) is 2.03. The van der Waals surface area contributed by atoms with E-state index in [4.69, 9.17) is 11.5 Å². The lowest BCUT2D eigenvalue weighted by molar-refractivity contribution is -0.718. The topological polar surface area (TPSA) is 107 Å². The second-order valence-corrected chi connectivity index (χ2v) is 6.65. The number of aromatic nitrogens is 3. The highest BCUT2D eigenvalue weighted by Crippen LogP contribution is 2.23. The molecule has 24 heavy (non-hydrogen) atoms. The lowest BCUT2D eigenvalue weighted by atomic mass is 9.92. The van der Waals surface area contributed by atoms with E-state index in [1.165, 1.54) is 11.1 Å². The van der Waals surface area contributed by atoms with Crippen molar-refractivity contribution in [3.8, 4) is 0 Å². The second kappa shape index (κ2) is 8.06. The number of benzene rings is 1. The van der Waals surface area contributed by atoms with Crippen molar-refractivity contribution in [1.82, 2.24) is 15.0 Å². The van der Waals surface area contributed by atoms with Gasteiger partial charge in [-0.2, -0.15) is 15.0 Å². The maximum absolute atomic E-state index is 5.64. The molecule has 0 spiro atoms. The number of hydrogen-bond acceptors (Lipinski definition) is 5. The fourth-order valence-corrected chi connectivity index (χ4v) is 2.86. The van der Waals surface area contributed by atoms with Crippen LogP contribution in [0.15, 0.2) is 24.3 Å². The number of nitrogens with zero attached hydrogens (tertiary/aromatic N) is 3. The van der Waals surface area contributed by atoms with Gasteiger partial charge in [-0.05, 0) is 17.9 Å². The van der Waals surface area contributed by atoms with Gasteiger partial charge >= 0.3 is 0 Å². The Hall–Kier alpha value is -2.21. The summed E-state index contributed by atoms with van der Waals surface area (Å²) in [6.45, 7) is 9.54. The summed E-state index contributed by atoms with van der Waals surface area (Å²) in [4.78, 5) is 12.1. The van der Waals surface area contributed by atoms with E-state index < -0.39 is 0 Å². The van der Waals surface area contributed by atoms with Crippen LogP contribution in [0.2, 0.25) is 0 Å². The Morgan fingerprint density at radius 1 is 0.917 bits per heavy atom. The Morgan fingerprint density at radius 3 is 1.96 bits per heavy atom. The molecule has 1 heterocycles. The molecule has 0 saturated carbocycles. The van der Waals surface area contributed by atoms with Crippen LogP contribution in [0.4, 0.5) is 11.9 Å². The van der Waals surface area contributed by atoms with Crippen molar-refractivity contribution in [2.24, 2.45) is 5.92 Å². The molecule has 0 aliphatic carbocycles. The number of quaternary nitrogens is 1. The zero-order chi connectivity index (χ0) is 17.7. The van der Waals surface area contributed by atoms with E-state index in [-0.39, 0.29) is 11.9 Å². The molecule has 0 unspecified atom stereocenters. The Bertz CT molecular complexity index is 633. The van der Waals surface area contributed by atoms with Gasteiger partial charge in [-0.15, -0.1) is 0 Å². The van der Waals surface area contributed by atoms with Crippen molar-refractivity contribution in [3.63, 3.8) is 0 Å². The van der Waals surface area contributed by atoms with E-state index in [1.807, 2.05) is 0 Å². The lowest BCUT2D eigenvalue weighted by Crippen LogP contribution is -2.85. The second-order valence-electron chi connectivity index (χ2n) is 6.65. The molecule has 0 bridgehead atoms. The van der Waals surface area contributed by atoms with Crippen molar-refractivity contribution >= 4 is 11.9 Å². The smallest absolute Gasteiger partial charge is 0.225 e. The van der Waals surface area contributed by atoms with E-state index in [0.29, 0.717) is 30.2 Å². The molecule has 1 aromatic heterocycles. The largest absolute Gasteiger partial charge is 0.368 e. The molecule has 6 heteroatoms. The van der Waals surface area contributed by atoms with Gasteiger partial charge in [0.1, 0.15) is 12.6 Å². The zero-order valence-electron chi connectivity index (χ0n) is 15.0. The van der Waals surface area contributed by atoms with Gasteiger partial charge in [0.25, 0.3) is 0 Å². The number of nitrogen functional groups attached to an aromatic ring is 2. The Morgan fingerprint density at radius 2 is 1.46 bits per heavy atom. The van der Waals surface area contributed by atoms with Crippen molar-refractivity contribution in [1.29, 1.82) is 0 Å². The summed E-state index contributed by atoms with van der Waals surface area (Å²) < 4.78 is 0. The molecule has 0 saturated heterocycles. The molecule has 6 N–H and O–H groups in total. The highest BCUT2D eigenvalue weighted by Gasteiger charge is 2.20. The number of nitrogens with two attached hydrogens (primary N) is 3. The number of anilines is 2. The van der Waals surface area contributed by atoms with E-state index in [9.17, 15) is 0 Å². The average Bonchev–Trinajstić information content (AvgIpc) is 2.53. The highest BCUT2D eigenvalue weighted by molar-refractivity contribution is 5.27. The van der Waals surface area contributed by atoms with Gasteiger partial charge in [0.05, 0.1) is 0 Å². The van der Waals surface area contributed by atoms with Gasteiger partial charge < -0.3 is 16.8 Å². The average molecular weight is 329 g/mol. The summed E-state index contributed by atoms with van der Waals surface area (Å²) in [6.07, 6.45) is 1.15. The molecule has 2 rings (SSSR count). The van der Waals surface area contributed by atoms with Gasteiger partial charge in [0.2, 0.25) is 11.9 Å². The molecule has 2 atom stereocenters. The van der Waals surface area contributed by atoms with E-state index >= 15 is 0 Å². The molecule has 0 radical (unpaired) electrons. The minimum Gasteiger partial charge on any atom is -0.368 e. The maximum Gasteiger partial charge on any atom is 0.225 e. The zero-order valence-corrected chi connectivity index (χ0v) is 15.0. The SMILES string of the molecule is CC[C@H](C)c1ccc([C@H]([NH2+]Cc2nc(N)nc(N)n2)C(C)C)cc1. The van der Waals surface area contributed by atoms with Gasteiger partial charge in [-0.1, -0.05) is 52.0 Å². The molecule has 130 valence electrons. The standard InChI is InChI=1S/C18H28N6/c1-5-12(4)13-6-8-14(9-7-13)16(11(2)3)21-10-15-22-17(19)24-18(20)23-15/h6-9,11-12,16,21H,5,10H2,1-4H3,(H4,19,20,22,23,24)/p+1/t12-,16+/m0/s1. The summed E-state index contributed by atoms with van der Waals surface area (Å²) in [6, 6.07) is 9.28. The van der Waals surface area contributed by atoms with Crippen LogP contribution in [0.25, 0.3) is 0 Å². The quantitative estimate of drug-likeness (QED) is 0.720. The van der Waals surface area contributed by atoms with Crippen LogP contribution in [0.5, 0.6) is 0 Å². The van der Waals surface area contributed by atoms with Crippen LogP contribution in [0.1, 0.15) is 63.0 Å². The first-order chi connectivity index (χ1) is 11.4. The van der Waals surface area contributed by atoms with Crippen LogP contribution in [-0.4, -0.2) is 15.0 Å². The van der Waals surface area contributed by atoms with Gasteiger partial charge in [0.15, 0.2) is 5.82 Å². The first-order valence-electron chi connectivity index (χ1n) is 8.59. The van der Waals surface area contributed by atoms with Crippen molar-refractivity contribution < 1.29 is 5.32 Å². The van der Waals surface area contributed by atoms with Crippen LogP contribution >= 0.6 is 0 Å². The summed E-state index contributed by atoms with van der Waals surface area (Å²) in [5.41, 5.74) is 14.0. The third-order valence-corrected chi connectivity index (χ3v) is 4.49. The maximum atomic E-state index is 5.64. The third-order valence-electron chi connectivity index (χ3n) is 4.49. The lowest BCUT2D eigenvalue weighted by Gasteiger charge is -2.20. The monoisotopic (exact) mass is 329 g/mol. The van der Waals surface area contributed by atoms with Crippen LogP contribution in [0, 0.1) is 5.92 Å². The molecule has 1 aromatic carbocycles. The van der Waals surface area contributed by atoms with Gasteiger partial charge in [-0.3, -0.25) is 0 Å².